The Kier molecular flexibility index (Phi) is 8.65. The Hall–Kier alpha value is -2.89. The number of fused-ring (bicyclic) bond motifs is 1. The van der Waals surface area contributed by atoms with Gasteiger partial charge in [-0.2, -0.15) is 5.26 Å². The molecule has 7 nitrogen and oxygen atoms in total. The second-order valence-corrected chi connectivity index (χ2v) is 9.91. The summed E-state index contributed by atoms with van der Waals surface area (Å²) in [5.74, 6) is 0.645. The molecule has 1 aliphatic heterocycles. The zero-order valence-electron chi connectivity index (χ0n) is 21.5. The summed E-state index contributed by atoms with van der Waals surface area (Å²) in [6.45, 7) is 3.92. The summed E-state index contributed by atoms with van der Waals surface area (Å²) >= 11 is 6.34. The van der Waals surface area contributed by atoms with Crippen molar-refractivity contribution in [3.63, 3.8) is 0 Å². The Balaban J connectivity index is 1.68. The molecule has 36 heavy (non-hydrogen) atoms. The van der Waals surface area contributed by atoms with Crippen molar-refractivity contribution in [1.82, 2.24) is 14.8 Å². The summed E-state index contributed by atoms with van der Waals surface area (Å²) in [5.41, 5.74) is 5.48. The molecular weight excluding hydrogens is 474 g/mol. The van der Waals surface area contributed by atoms with Gasteiger partial charge in [0.05, 0.1) is 41.6 Å². The van der Waals surface area contributed by atoms with Crippen LogP contribution in [0.15, 0.2) is 36.5 Å². The first kappa shape index (κ1) is 26.2. The van der Waals surface area contributed by atoms with E-state index in [1.807, 2.05) is 36.5 Å². The standard InChI is InChI=1S/C28H34ClN5O2/c1-33-9-7-23(8-10-33)34(2)17-21-11-20(14-30)12-24-27(21)32-16-22(18-35-3)28(24)31-15-19-5-6-26(36-4)25(29)13-19/h5-6,11-13,16,23H,7-10,15,17-18H2,1-4H3,(H,31,32). The van der Waals surface area contributed by atoms with Gasteiger partial charge in [0.2, 0.25) is 0 Å². The minimum absolute atomic E-state index is 0.413. The molecule has 2 aromatic carbocycles. The first-order valence-electron chi connectivity index (χ1n) is 12.2. The van der Waals surface area contributed by atoms with Crippen LogP contribution in [-0.2, 0) is 24.4 Å². The van der Waals surface area contributed by atoms with Crippen LogP contribution in [0.2, 0.25) is 5.02 Å². The maximum Gasteiger partial charge on any atom is 0.137 e. The topological polar surface area (TPSA) is 73.7 Å². The smallest absolute Gasteiger partial charge is 0.137 e. The number of hydrogen-bond donors (Lipinski definition) is 1. The van der Waals surface area contributed by atoms with Gasteiger partial charge in [-0.25, -0.2) is 0 Å². The molecule has 0 saturated carbocycles. The van der Waals surface area contributed by atoms with Crippen molar-refractivity contribution >= 4 is 28.2 Å². The zero-order valence-corrected chi connectivity index (χ0v) is 22.2. The number of likely N-dealkylation sites (tertiary alicyclic amines) is 1. The number of halogens is 1. The summed E-state index contributed by atoms with van der Waals surface area (Å²) in [6, 6.07) is 12.5. The monoisotopic (exact) mass is 507 g/mol. The normalized spacial score (nSPS) is 14.8. The number of ether oxygens (including phenoxy) is 2. The largest absolute Gasteiger partial charge is 0.495 e. The Bertz CT molecular complexity index is 1250. The third-order valence-corrected chi connectivity index (χ3v) is 7.27. The van der Waals surface area contributed by atoms with Crippen LogP contribution in [0.1, 0.15) is 35.1 Å². The highest BCUT2D eigenvalue weighted by Gasteiger charge is 2.22. The minimum Gasteiger partial charge on any atom is -0.495 e. The van der Waals surface area contributed by atoms with E-state index in [4.69, 9.17) is 26.1 Å². The van der Waals surface area contributed by atoms with E-state index in [-0.39, 0.29) is 0 Å². The second kappa shape index (κ2) is 11.9. The average molecular weight is 508 g/mol. The Labute approximate surface area is 218 Å². The average Bonchev–Trinajstić information content (AvgIpc) is 2.88. The Morgan fingerprint density at radius 2 is 1.97 bits per heavy atom. The van der Waals surface area contributed by atoms with Crippen molar-refractivity contribution in [2.75, 3.05) is 46.7 Å². The first-order chi connectivity index (χ1) is 17.4. The summed E-state index contributed by atoms with van der Waals surface area (Å²) in [5, 5.41) is 14.9. The third kappa shape index (κ3) is 5.91. The van der Waals surface area contributed by atoms with E-state index < -0.39 is 0 Å². The number of rotatable bonds is 9. The molecule has 0 bridgehead atoms. The number of nitrogens with zero attached hydrogens (tertiary/aromatic N) is 4. The van der Waals surface area contributed by atoms with E-state index in [0.29, 0.717) is 35.5 Å². The van der Waals surface area contributed by atoms with Gasteiger partial charge in [0, 0.05) is 43.4 Å². The van der Waals surface area contributed by atoms with Crippen LogP contribution in [0.3, 0.4) is 0 Å². The maximum atomic E-state index is 9.82. The fraction of sp³-hybridized carbons (Fsp3) is 0.429. The lowest BCUT2D eigenvalue weighted by Crippen LogP contribution is -2.41. The van der Waals surface area contributed by atoms with Crippen LogP contribution in [0, 0.1) is 11.3 Å². The van der Waals surface area contributed by atoms with Crippen LogP contribution in [-0.4, -0.2) is 62.2 Å². The fourth-order valence-electron chi connectivity index (χ4n) is 4.92. The minimum atomic E-state index is 0.413. The molecular formula is C28H34ClN5O2. The molecule has 2 heterocycles. The summed E-state index contributed by atoms with van der Waals surface area (Å²) < 4.78 is 10.7. The number of methoxy groups -OCH3 is 2. The van der Waals surface area contributed by atoms with Gasteiger partial charge in [0.1, 0.15) is 5.75 Å². The van der Waals surface area contributed by atoms with Gasteiger partial charge in [-0.3, -0.25) is 9.88 Å². The van der Waals surface area contributed by atoms with Crippen LogP contribution in [0.5, 0.6) is 5.75 Å². The van der Waals surface area contributed by atoms with Crippen LogP contribution >= 0.6 is 11.6 Å². The van der Waals surface area contributed by atoms with E-state index in [1.54, 1.807) is 14.2 Å². The van der Waals surface area contributed by atoms with E-state index in [0.717, 1.165) is 65.8 Å². The lowest BCUT2D eigenvalue weighted by Gasteiger charge is -2.35. The van der Waals surface area contributed by atoms with Gasteiger partial charge in [0.25, 0.3) is 0 Å². The van der Waals surface area contributed by atoms with Crippen molar-refractivity contribution in [3.8, 4) is 11.8 Å². The number of nitrogens with one attached hydrogen (secondary N) is 1. The van der Waals surface area contributed by atoms with Gasteiger partial charge in [-0.15, -0.1) is 0 Å². The lowest BCUT2D eigenvalue weighted by atomic mass is 9.99. The molecule has 1 fully saturated rings. The van der Waals surface area contributed by atoms with Crippen LogP contribution < -0.4 is 10.1 Å². The van der Waals surface area contributed by atoms with E-state index >= 15 is 0 Å². The number of aromatic nitrogens is 1. The molecule has 4 rings (SSSR count). The zero-order chi connectivity index (χ0) is 25.7. The van der Waals surface area contributed by atoms with Crippen molar-refractivity contribution in [2.24, 2.45) is 0 Å². The maximum absolute atomic E-state index is 9.82. The molecule has 0 radical (unpaired) electrons. The molecule has 0 atom stereocenters. The van der Waals surface area contributed by atoms with Crippen molar-refractivity contribution < 1.29 is 9.47 Å². The quantitative estimate of drug-likeness (QED) is 0.434. The van der Waals surface area contributed by atoms with Crippen LogP contribution in [0.25, 0.3) is 10.9 Å². The van der Waals surface area contributed by atoms with Gasteiger partial charge >= 0.3 is 0 Å². The predicted molar refractivity (Wildman–Crippen MR) is 144 cm³/mol. The number of benzene rings is 2. The molecule has 3 aromatic rings. The summed E-state index contributed by atoms with van der Waals surface area (Å²) in [6.07, 6.45) is 4.16. The molecule has 0 unspecified atom stereocenters. The SMILES string of the molecule is COCc1cnc2c(CN(C)C3CCN(C)CC3)cc(C#N)cc2c1NCc1ccc(OC)c(Cl)c1. The van der Waals surface area contributed by atoms with E-state index in [2.05, 4.69) is 35.3 Å². The summed E-state index contributed by atoms with van der Waals surface area (Å²) in [4.78, 5) is 9.62. The fourth-order valence-corrected chi connectivity index (χ4v) is 5.20. The molecule has 0 spiro atoms. The number of anilines is 1. The molecule has 1 saturated heterocycles. The highest BCUT2D eigenvalue weighted by molar-refractivity contribution is 6.32. The van der Waals surface area contributed by atoms with Crippen molar-refractivity contribution in [3.05, 3.63) is 63.8 Å². The molecule has 1 N–H and O–H groups in total. The van der Waals surface area contributed by atoms with Crippen molar-refractivity contribution in [1.29, 1.82) is 5.26 Å². The van der Waals surface area contributed by atoms with Gasteiger partial charge in [-0.05, 0) is 75.4 Å². The number of pyridine rings is 1. The first-order valence-corrected chi connectivity index (χ1v) is 12.6. The van der Waals surface area contributed by atoms with E-state index in [1.165, 1.54) is 0 Å². The number of piperidine rings is 1. The van der Waals surface area contributed by atoms with Gasteiger partial charge in [-0.1, -0.05) is 17.7 Å². The molecule has 0 aliphatic carbocycles. The number of hydrogen-bond acceptors (Lipinski definition) is 7. The highest BCUT2D eigenvalue weighted by atomic mass is 35.5. The highest BCUT2D eigenvalue weighted by Crippen LogP contribution is 2.32. The molecule has 8 heteroatoms. The molecule has 1 aromatic heterocycles. The molecule has 1 aliphatic rings. The van der Waals surface area contributed by atoms with Gasteiger partial charge in [0.15, 0.2) is 0 Å². The van der Waals surface area contributed by atoms with Crippen molar-refractivity contribution in [2.45, 2.75) is 38.6 Å². The van der Waals surface area contributed by atoms with E-state index in [9.17, 15) is 5.26 Å². The summed E-state index contributed by atoms with van der Waals surface area (Å²) in [7, 11) is 7.63. The second-order valence-electron chi connectivity index (χ2n) is 9.51. The lowest BCUT2D eigenvalue weighted by molar-refractivity contribution is 0.139. The predicted octanol–water partition coefficient (Wildman–Crippen LogP) is 5.05. The molecule has 0 amide bonds. The Morgan fingerprint density at radius 3 is 2.64 bits per heavy atom. The third-order valence-electron chi connectivity index (χ3n) is 6.97. The molecule has 190 valence electrons. The number of nitriles is 1. The van der Waals surface area contributed by atoms with Gasteiger partial charge < -0.3 is 19.7 Å². The van der Waals surface area contributed by atoms with Crippen LogP contribution in [0.4, 0.5) is 5.69 Å². The Morgan fingerprint density at radius 1 is 1.19 bits per heavy atom.